The number of hydrogen-bond acceptors (Lipinski definition) is 7. The van der Waals surface area contributed by atoms with Crippen LogP contribution in [0.25, 0.3) is 10.2 Å². The van der Waals surface area contributed by atoms with Crippen LogP contribution in [0.2, 0.25) is 0 Å². The van der Waals surface area contributed by atoms with Gasteiger partial charge in [0.15, 0.2) is 12.4 Å². The molecule has 0 radical (unpaired) electrons. The van der Waals surface area contributed by atoms with E-state index in [1.54, 1.807) is 31.2 Å². The predicted molar refractivity (Wildman–Crippen MR) is 147 cm³/mol. The number of carbonyl (C=O) groups is 3. The molecule has 0 unspecified atom stereocenters. The Hall–Kier alpha value is -4.57. The van der Waals surface area contributed by atoms with Crippen LogP contribution >= 0.6 is 11.3 Å². The van der Waals surface area contributed by atoms with Crippen molar-refractivity contribution in [3.05, 3.63) is 93.4 Å². The van der Waals surface area contributed by atoms with Crippen molar-refractivity contribution in [2.75, 3.05) is 23.4 Å². The summed E-state index contributed by atoms with van der Waals surface area (Å²) in [5.41, 5.74) is 2.52. The molecule has 0 fully saturated rings. The highest BCUT2D eigenvalue weighted by Gasteiger charge is 2.26. The average molecular weight is 529 g/mol. The molecule has 2 aromatic carbocycles. The number of ketones is 1. The summed E-state index contributed by atoms with van der Waals surface area (Å²) in [5, 5.41) is 3.20. The Labute approximate surface area is 222 Å². The number of anilines is 2. The van der Waals surface area contributed by atoms with Crippen LogP contribution < -0.4 is 20.5 Å². The van der Waals surface area contributed by atoms with Gasteiger partial charge in [-0.1, -0.05) is 24.3 Å². The van der Waals surface area contributed by atoms with Crippen LogP contribution in [0.3, 0.4) is 0 Å². The Bertz CT molecular complexity index is 1690. The van der Waals surface area contributed by atoms with E-state index in [1.165, 1.54) is 15.8 Å². The van der Waals surface area contributed by atoms with Crippen LogP contribution in [-0.2, 0) is 11.3 Å². The molecule has 2 amide bonds. The highest BCUT2D eigenvalue weighted by molar-refractivity contribution is 7.20. The number of hydrogen-bond donors (Lipinski definition) is 1. The molecule has 3 heterocycles. The van der Waals surface area contributed by atoms with Crippen molar-refractivity contribution in [1.82, 2.24) is 9.55 Å². The number of nitrogens with one attached hydrogen (secondary N) is 1. The number of Topliss-reactive ketones (excluding diaryl/α,β-unsaturated/α-hetero) is 1. The lowest BCUT2D eigenvalue weighted by atomic mass is 10.1. The second-order valence-corrected chi connectivity index (χ2v) is 9.87. The quantitative estimate of drug-likeness (QED) is 0.285. The van der Waals surface area contributed by atoms with E-state index < -0.39 is 5.56 Å². The van der Waals surface area contributed by atoms with Crippen molar-refractivity contribution in [2.45, 2.75) is 20.4 Å². The van der Waals surface area contributed by atoms with Crippen molar-refractivity contribution in [3.8, 4) is 5.75 Å². The molecule has 0 atom stereocenters. The normalized spacial score (nSPS) is 12.7. The van der Waals surface area contributed by atoms with Gasteiger partial charge in [0.1, 0.15) is 10.6 Å². The van der Waals surface area contributed by atoms with E-state index in [0.29, 0.717) is 43.3 Å². The highest BCUT2D eigenvalue weighted by atomic mass is 32.1. The molecule has 38 heavy (non-hydrogen) atoms. The maximum absolute atomic E-state index is 13.3. The lowest BCUT2D eigenvalue weighted by Crippen LogP contribution is -2.39. The van der Waals surface area contributed by atoms with Gasteiger partial charge in [-0.25, -0.2) is 4.98 Å². The topological polar surface area (TPSA) is 111 Å². The van der Waals surface area contributed by atoms with Crippen molar-refractivity contribution in [3.63, 3.8) is 0 Å². The number of nitrogens with zero attached hydrogens (tertiary/aromatic N) is 3. The molecular weight excluding hydrogens is 504 g/mol. The zero-order chi connectivity index (χ0) is 27.0. The number of thiophene rings is 1. The lowest BCUT2D eigenvalue weighted by molar-refractivity contribution is -0.121. The molecule has 1 aliphatic heterocycles. The fraction of sp³-hybridized carbons (Fsp3) is 0.179. The molecule has 4 aromatic rings. The summed E-state index contributed by atoms with van der Waals surface area (Å²) >= 11 is 1.13. The number of para-hydroxylation sites is 1. The minimum absolute atomic E-state index is 0.0832. The van der Waals surface area contributed by atoms with Gasteiger partial charge in [-0.15, -0.1) is 17.9 Å². The van der Waals surface area contributed by atoms with E-state index in [-0.39, 0.29) is 37.3 Å². The van der Waals surface area contributed by atoms with Gasteiger partial charge in [0, 0.05) is 17.8 Å². The Balaban J connectivity index is 1.43. The number of aryl methyl sites for hydroxylation is 2. The Kier molecular flexibility index (Phi) is 6.64. The average Bonchev–Trinajstić information content (AvgIpc) is 3.25. The molecule has 9 nitrogen and oxygen atoms in total. The smallest absolute Gasteiger partial charge is 0.266 e. The molecule has 0 spiro atoms. The monoisotopic (exact) mass is 528 g/mol. The van der Waals surface area contributed by atoms with Gasteiger partial charge in [0.25, 0.3) is 17.4 Å². The number of fused-ring (bicyclic) bond motifs is 2. The fourth-order valence-electron chi connectivity index (χ4n) is 4.33. The maximum Gasteiger partial charge on any atom is 0.266 e. The van der Waals surface area contributed by atoms with Gasteiger partial charge >= 0.3 is 0 Å². The molecule has 0 aliphatic carbocycles. The zero-order valence-corrected chi connectivity index (χ0v) is 21.6. The van der Waals surface area contributed by atoms with E-state index >= 15 is 0 Å². The summed E-state index contributed by atoms with van der Waals surface area (Å²) in [5.74, 6) is -0.397. The first kappa shape index (κ1) is 25.1. The van der Waals surface area contributed by atoms with Gasteiger partial charge in [-0.2, -0.15) is 0 Å². The van der Waals surface area contributed by atoms with E-state index in [9.17, 15) is 19.2 Å². The molecule has 0 saturated carbocycles. The number of benzene rings is 2. The maximum atomic E-state index is 13.3. The van der Waals surface area contributed by atoms with E-state index in [1.807, 2.05) is 31.2 Å². The van der Waals surface area contributed by atoms with Gasteiger partial charge in [-0.3, -0.25) is 23.7 Å². The molecule has 192 valence electrons. The van der Waals surface area contributed by atoms with Gasteiger partial charge in [-0.05, 0) is 49.2 Å². The van der Waals surface area contributed by atoms with Crippen LogP contribution in [0.15, 0.2) is 66.2 Å². The second-order valence-electron chi connectivity index (χ2n) is 8.87. The van der Waals surface area contributed by atoms with E-state index in [2.05, 4.69) is 16.9 Å². The van der Waals surface area contributed by atoms with Crippen LogP contribution in [0.1, 0.15) is 31.2 Å². The minimum Gasteiger partial charge on any atom is -0.482 e. The minimum atomic E-state index is -0.406. The molecule has 1 aliphatic rings. The second kappa shape index (κ2) is 10.1. The summed E-state index contributed by atoms with van der Waals surface area (Å²) in [4.78, 5) is 58.4. The van der Waals surface area contributed by atoms with Crippen LogP contribution in [-0.4, -0.2) is 40.3 Å². The van der Waals surface area contributed by atoms with Crippen LogP contribution in [0.4, 0.5) is 11.4 Å². The molecule has 2 aromatic heterocycles. The summed E-state index contributed by atoms with van der Waals surface area (Å²) in [6, 6.07) is 12.3. The van der Waals surface area contributed by atoms with Gasteiger partial charge < -0.3 is 15.0 Å². The lowest BCUT2D eigenvalue weighted by Gasteiger charge is -2.28. The summed E-state index contributed by atoms with van der Waals surface area (Å²) in [6.45, 7) is 7.23. The van der Waals surface area contributed by atoms with Crippen molar-refractivity contribution < 1.29 is 19.1 Å². The number of aromatic nitrogens is 2. The predicted octanol–water partition coefficient (Wildman–Crippen LogP) is 4.12. The Morgan fingerprint density at radius 2 is 1.97 bits per heavy atom. The first-order valence-electron chi connectivity index (χ1n) is 11.8. The summed E-state index contributed by atoms with van der Waals surface area (Å²) in [7, 11) is 0. The molecule has 0 saturated heterocycles. The van der Waals surface area contributed by atoms with Crippen LogP contribution in [0.5, 0.6) is 5.75 Å². The van der Waals surface area contributed by atoms with Crippen LogP contribution in [0, 0.1) is 13.8 Å². The number of amides is 2. The SMILES string of the molecule is C=CCN1C(=O)COc2ccc(C(=O)Cn3cnc4sc(C(=O)Nc5ccccc5C)c(C)c4c3=O)cc21. The van der Waals surface area contributed by atoms with Crippen molar-refractivity contribution in [2.24, 2.45) is 0 Å². The number of ether oxygens (including phenoxy) is 1. The fourth-order valence-corrected chi connectivity index (χ4v) is 5.37. The third-order valence-electron chi connectivity index (χ3n) is 6.37. The zero-order valence-electron chi connectivity index (χ0n) is 20.8. The molecule has 10 heteroatoms. The first-order chi connectivity index (χ1) is 18.3. The van der Waals surface area contributed by atoms with E-state index in [4.69, 9.17) is 4.74 Å². The van der Waals surface area contributed by atoms with E-state index in [0.717, 1.165) is 16.9 Å². The highest BCUT2D eigenvalue weighted by Crippen LogP contribution is 2.33. The standard InChI is InChI=1S/C28H24N4O5S/c1-4-11-32-20-12-18(9-10-22(20)37-14-23(32)34)21(33)13-31-15-29-27-24(28(31)36)17(3)25(38-27)26(35)30-19-8-6-5-7-16(19)2/h4-10,12,15H,1,11,13-14H2,2-3H3,(H,30,35). The first-order valence-corrected chi connectivity index (χ1v) is 12.7. The largest absolute Gasteiger partial charge is 0.482 e. The molecular formula is C28H24N4O5S. The third-order valence-corrected chi connectivity index (χ3v) is 7.56. The Morgan fingerprint density at radius 3 is 2.74 bits per heavy atom. The van der Waals surface area contributed by atoms with Gasteiger partial charge in [0.2, 0.25) is 0 Å². The summed E-state index contributed by atoms with van der Waals surface area (Å²) in [6.07, 6.45) is 2.91. The number of rotatable bonds is 7. The van der Waals surface area contributed by atoms with Gasteiger partial charge in [0.05, 0.1) is 28.8 Å². The van der Waals surface area contributed by atoms with Crippen molar-refractivity contribution >= 4 is 50.5 Å². The van der Waals surface area contributed by atoms with Crippen molar-refractivity contribution in [1.29, 1.82) is 0 Å². The third kappa shape index (κ3) is 4.50. The number of carbonyl (C=O) groups excluding carboxylic acids is 3. The summed E-state index contributed by atoms with van der Waals surface area (Å²) < 4.78 is 6.71. The molecule has 1 N–H and O–H groups in total. The molecule has 5 rings (SSSR count). The Morgan fingerprint density at radius 1 is 1.18 bits per heavy atom. The molecule has 0 bridgehead atoms.